The van der Waals surface area contributed by atoms with Gasteiger partial charge in [0, 0.05) is 30.4 Å². The monoisotopic (exact) mass is 302 g/mol. The summed E-state index contributed by atoms with van der Waals surface area (Å²) >= 11 is 0. The molecule has 1 aromatic carbocycles. The van der Waals surface area contributed by atoms with Crippen molar-refractivity contribution in [2.45, 2.75) is 32.6 Å². The molecule has 0 aliphatic carbocycles. The molecule has 2 aliphatic heterocycles. The second kappa shape index (κ2) is 7.14. The number of carbonyl (C=O) groups is 1. The van der Waals surface area contributed by atoms with Crippen LogP contribution >= 0.6 is 0 Å². The number of anilines is 2. The van der Waals surface area contributed by atoms with E-state index in [0.29, 0.717) is 6.54 Å². The van der Waals surface area contributed by atoms with Crippen LogP contribution in [0.15, 0.2) is 24.3 Å². The first-order chi connectivity index (χ1) is 10.7. The minimum atomic E-state index is 0.137. The number of nitrogens with one attached hydrogen (secondary N) is 2. The van der Waals surface area contributed by atoms with Gasteiger partial charge in [0.25, 0.3) is 5.91 Å². The second-order valence-electron chi connectivity index (χ2n) is 6.92. The van der Waals surface area contributed by atoms with E-state index in [-0.39, 0.29) is 5.91 Å². The van der Waals surface area contributed by atoms with Gasteiger partial charge in [0.2, 0.25) is 0 Å². The Bertz CT molecular complexity index is 494. The van der Waals surface area contributed by atoms with Crippen LogP contribution in [0.2, 0.25) is 0 Å². The first-order valence-electron chi connectivity index (χ1n) is 8.69. The van der Waals surface area contributed by atoms with Crippen LogP contribution in [0.5, 0.6) is 0 Å². The minimum absolute atomic E-state index is 0.137. The molecule has 1 amide bonds. The Labute approximate surface area is 133 Å². The first kappa shape index (κ1) is 15.3. The number of likely N-dealkylation sites (tertiary alicyclic amines) is 1. The Balaban J connectivity index is 1.50. The smallest absolute Gasteiger partial charge is 0.279 e. The van der Waals surface area contributed by atoms with Crippen molar-refractivity contribution in [3.8, 4) is 0 Å². The van der Waals surface area contributed by atoms with Crippen LogP contribution in [0.25, 0.3) is 0 Å². The summed E-state index contributed by atoms with van der Waals surface area (Å²) in [6.45, 7) is 7.45. The van der Waals surface area contributed by atoms with Gasteiger partial charge in [-0.3, -0.25) is 4.79 Å². The van der Waals surface area contributed by atoms with Crippen molar-refractivity contribution < 1.29 is 9.69 Å². The fraction of sp³-hybridized carbons (Fsp3) is 0.611. The van der Waals surface area contributed by atoms with Crippen LogP contribution in [0.1, 0.15) is 32.6 Å². The fourth-order valence-corrected chi connectivity index (χ4v) is 3.72. The lowest BCUT2D eigenvalue weighted by molar-refractivity contribution is -0.900. The molecule has 0 spiro atoms. The van der Waals surface area contributed by atoms with E-state index in [1.165, 1.54) is 36.3 Å². The van der Waals surface area contributed by atoms with Crippen LogP contribution in [0, 0.1) is 5.92 Å². The van der Waals surface area contributed by atoms with E-state index in [1.54, 1.807) is 0 Å². The Kier molecular flexibility index (Phi) is 4.98. The highest BCUT2D eigenvalue weighted by Crippen LogP contribution is 2.21. The highest BCUT2D eigenvalue weighted by Gasteiger charge is 2.22. The van der Waals surface area contributed by atoms with E-state index >= 15 is 0 Å². The third-order valence-electron chi connectivity index (χ3n) is 4.90. The first-order valence-corrected chi connectivity index (χ1v) is 8.69. The third-order valence-corrected chi connectivity index (χ3v) is 4.90. The lowest BCUT2D eigenvalue weighted by atomic mass is 10.0. The van der Waals surface area contributed by atoms with Gasteiger partial charge in [-0.2, -0.15) is 0 Å². The molecule has 1 unspecified atom stereocenters. The van der Waals surface area contributed by atoms with Crippen molar-refractivity contribution in [1.82, 2.24) is 0 Å². The van der Waals surface area contributed by atoms with Crippen molar-refractivity contribution >= 4 is 17.3 Å². The van der Waals surface area contributed by atoms with Gasteiger partial charge >= 0.3 is 0 Å². The molecule has 2 saturated heterocycles. The van der Waals surface area contributed by atoms with Crippen molar-refractivity contribution in [3.63, 3.8) is 0 Å². The molecule has 2 N–H and O–H groups in total. The number of benzene rings is 1. The van der Waals surface area contributed by atoms with Gasteiger partial charge < -0.3 is 15.1 Å². The summed E-state index contributed by atoms with van der Waals surface area (Å²) in [5.74, 6) is 0.884. The molecule has 4 nitrogen and oxygen atoms in total. The molecule has 0 saturated carbocycles. The lowest BCUT2D eigenvalue weighted by Gasteiger charge is -2.27. The van der Waals surface area contributed by atoms with Crippen LogP contribution < -0.4 is 15.1 Å². The average Bonchev–Trinajstić information content (AvgIpc) is 3.02. The Morgan fingerprint density at radius 1 is 1.23 bits per heavy atom. The quantitative estimate of drug-likeness (QED) is 0.885. The molecular weight excluding hydrogens is 274 g/mol. The number of hydrogen-bond donors (Lipinski definition) is 2. The van der Waals surface area contributed by atoms with E-state index in [0.717, 1.165) is 37.8 Å². The topological polar surface area (TPSA) is 36.8 Å². The summed E-state index contributed by atoms with van der Waals surface area (Å²) in [5, 5.41) is 3.04. The summed E-state index contributed by atoms with van der Waals surface area (Å²) in [5.41, 5.74) is 2.18. The Morgan fingerprint density at radius 3 is 2.64 bits per heavy atom. The molecule has 2 fully saturated rings. The molecule has 4 heteroatoms. The molecular formula is C18H28N3O+. The summed E-state index contributed by atoms with van der Waals surface area (Å²) < 4.78 is 0. The Hall–Kier alpha value is -1.55. The zero-order valence-corrected chi connectivity index (χ0v) is 13.6. The number of rotatable bonds is 4. The van der Waals surface area contributed by atoms with E-state index in [1.807, 2.05) is 12.1 Å². The van der Waals surface area contributed by atoms with Gasteiger partial charge in [-0.1, -0.05) is 6.92 Å². The van der Waals surface area contributed by atoms with Gasteiger partial charge in [0.05, 0.1) is 13.1 Å². The number of carbonyl (C=O) groups excluding carboxylic acids is 1. The normalized spacial score (nSPS) is 25.2. The number of hydrogen-bond acceptors (Lipinski definition) is 2. The molecule has 120 valence electrons. The fourth-order valence-electron chi connectivity index (χ4n) is 3.72. The van der Waals surface area contributed by atoms with E-state index < -0.39 is 0 Å². The molecule has 0 aromatic heterocycles. The highest BCUT2D eigenvalue weighted by molar-refractivity contribution is 5.91. The molecule has 22 heavy (non-hydrogen) atoms. The maximum atomic E-state index is 12.2. The predicted octanol–water partition coefficient (Wildman–Crippen LogP) is 1.54. The van der Waals surface area contributed by atoms with Crippen LogP contribution in [-0.4, -0.2) is 38.6 Å². The van der Waals surface area contributed by atoms with Crippen LogP contribution in [-0.2, 0) is 4.79 Å². The zero-order chi connectivity index (χ0) is 15.4. The van der Waals surface area contributed by atoms with Gasteiger partial charge in [0.1, 0.15) is 0 Å². The molecule has 2 aliphatic rings. The number of piperidine rings is 1. The van der Waals surface area contributed by atoms with Crippen LogP contribution in [0.3, 0.4) is 0 Å². The number of quaternary nitrogens is 1. The minimum Gasteiger partial charge on any atom is -0.372 e. The van der Waals surface area contributed by atoms with Crippen molar-refractivity contribution in [2.75, 3.05) is 42.9 Å². The van der Waals surface area contributed by atoms with Gasteiger partial charge in [-0.05, 0) is 49.9 Å². The van der Waals surface area contributed by atoms with E-state index in [9.17, 15) is 4.79 Å². The second-order valence-corrected chi connectivity index (χ2v) is 6.92. The average molecular weight is 302 g/mol. The standard InChI is InChI=1S/C18H27N3O/c1-15-5-4-10-20(13-15)14-18(22)19-16-6-8-17(9-7-16)21-11-2-3-12-21/h6-9,15H,2-5,10-14H2,1H3,(H,19,22)/p+1/t15-/m1/s1. The molecule has 3 rings (SSSR count). The number of amides is 1. The third kappa shape index (κ3) is 4.01. The van der Waals surface area contributed by atoms with Gasteiger partial charge in [-0.25, -0.2) is 0 Å². The molecule has 2 atom stereocenters. The van der Waals surface area contributed by atoms with E-state index in [2.05, 4.69) is 29.3 Å². The lowest BCUT2D eigenvalue weighted by Crippen LogP contribution is -3.14. The summed E-state index contributed by atoms with van der Waals surface area (Å²) in [4.78, 5) is 16.0. The maximum Gasteiger partial charge on any atom is 0.279 e. The number of nitrogens with zero attached hydrogens (tertiary/aromatic N) is 1. The van der Waals surface area contributed by atoms with Crippen LogP contribution in [0.4, 0.5) is 11.4 Å². The summed E-state index contributed by atoms with van der Waals surface area (Å²) in [7, 11) is 0. The largest absolute Gasteiger partial charge is 0.372 e. The van der Waals surface area contributed by atoms with Gasteiger partial charge in [-0.15, -0.1) is 0 Å². The molecule has 2 heterocycles. The predicted molar refractivity (Wildman–Crippen MR) is 90.5 cm³/mol. The molecule has 0 bridgehead atoms. The summed E-state index contributed by atoms with van der Waals surface area (Å²) in [6, 6.07) is 8.30. The van der Waals surface area contributed by atoms with Crippen molar-refractivity contribution in [1.29, 1.82) is 0 Å². The molecule has 1 aromatic rings. The molecule has 0 radical (unpaired) electrons. The van der Waals surface area contributed by atoms with Gasteiger partial charge in [0.15, 0.2) is 6.54 Å². The SMILES string of the molecule is C[C@@H]1CCC[NH+](CC(=O)Nc2ccc(N3CCCC3)cc2)C1. The summed E-state index contributed by atoms with van der Waals surface area (Å²) in [6.07, 6.45) is 5.13. The maximum absolute atomic E-state index is 12.2. The van der Waals surface area contributed by atoms with Crippen molar-refractivity contribution in [2.24, 2.45) is 5.92 Å². The van der Waals surface area contributed by atoms with E-state index in [4.69, 9.17) is 0 Å². The highest BCUT2D eigenvalue weighted by atomic mass is 16.2. The van der Waals surface area contributed by atoms with Crippen molar-refractivity contribution in [3.05, 3.63) is 24.3 Å². The Morgan fingerprint density at radius 2 is 1.95 bits per heavy atom. The zero-order valence-electron chi connectivity index (χ0n) is 13.6.